The van der Waals surface area contributed by atoms with Crippen LogP contribution in [0.2, 0.25) is 0 Å². The highest BCUT2D eigenvalue weighted by atomic mass is 32.1. The molecule has 0 fully saturated rings. The number of aryl methyl sites for hydroxylation is 2. The molecule has 9 heteroatoms. The molecule has 0 aliphatic rings. The molecule has 0 radical (unpaired) electrons. The minimum absolute atomic E-state index is 0.108. The number of anilines is 3. The summed E-state index contributed by atoms with van der Waals surface area (Å²) in [4.78, 5) is 29.7. The number of hydrogen-bond donors (Lipinski definition) is 3. The molecule has 0 aliphatic carbocycles. The van der Waals surface area contributed by atoms with E-state index in [1.165, 1.54) is 11.3 Å². The summed E-state index contributed by atoms with van der Waals surface area (Å²) in [5.74, 6) is 2.58. The quantitative estimate of drug-likeness (QED) is 0.550. The van der Waals surface area contributed by atoms with Crippen LogP contribution in [0.4, 0.5) is 17.5 Å². The average Bonchev–Trinajstić information content (AvgIpc) is 3.05. The lowest BCUT2D eigenvalue weighted by Crippen LogP contribution is -2.28. The van der Waals surface area contributed by atoms with E-state index in [1.54, 1.807) is 17.8 Å². The lowest BCUT2D eigenvalue weighted by molar-refractivity contribution is 0.0958. The molecule has 0 saturated heterocycles. The Bertz CT molecular complexity index is 882. The van der Waals surface area contributed by atoms with Crippen LogP contribution in [0.1, 0.15) is 21.2 Å². The number of carbonyl (C=O) groups is 1. The fraction of sp³-hybridized carbons (Fsp3) is 0.235. The van der Waals surface area contributed by atoms with Crippen molar-refractivity contribution in [1.29, 1.82) is 0 Å². The molecule has 134 valence electrons. The predicted molar refractivity (Wildman–Crippen MR) is 102 cm³/mol. The van der Waals surface area contributed by atoms with E-state index >= 15 is 0 Å². The zero-order chi connectivity index (χ0) is 18.4. The second-order valence-electron chi connectivity index (χ2n) is 5.48. The summed E-state index contributed by atoms with van der Waals surface area (Å²) < 4.78 is 0. The Morgan fingerprint density at radius 2 is 1.92 bits per heavy atom. The number of rotatable bonds is 7. The van der Waals surface area contributed by atoms with Crippen LogP contribution in [-0.2, 0) is 0 Å². The molecule has 1 amide bonds. The molecule has 0 aliphatic heterocycles. The normalized spacial score (nSPS) is 10.4. The first-order valence-electron chi connectivity index (χ1n) is 8.08. The van der Waals surface area contributed by atoms with Gasteiger partial charge in [-0.2, -0.15) is 0 Å². The third-order valence-corrected chi connectivity index (χ3v) is 4.35. The van der Waals surface area contributed by atoms with Crippen molar-refractivity contribution in [3.05, 3.63) is 52.4 Å². The molecule has 26 heavy (non-hydrogen) atoms. The monoisotopic (exact) mass is 369 g/mol. The first-order chi connectivity index (χ1) is 12.6. The molecule has 3 heterocycles. The largest absolute Gasteiger partial charge is 0.368 e. The number of amides is 1. The van der Waals surface area contributed by atoms with Crippen molar-refractivity contribution >= 4 is 34.7 Å². The van der Waals surface area contributed by atoms with Gasteiger partial charge in [0.1, 0.15) is 28.2 Å². The van der Waals surface area contributed by atoms with Crippen LogP contribution in [0.5, 0.6) is 0 Å². The molecule has 3 aromatic heterocycles. The van der Waals surface area contributed by atoms with Crippen molar-refractivity contribution in [1.82, 2.24) is 25.3 Å². The Hall–Kier alpha value is -3.07. The van der Waals surface area contributed by atoms with Gasteiger partial charge in [0.05, 0.1) is 11.2 Å². The van der Waals surface area contributed by atoms with Crippen molar-refractivity contribution in [2.75, 3.05) is 23.7 Å². The summed E-state index contributed by atoms with van der Waals surface area (Å²) in [7, 11) is 0. The van der Waals surface area contributed by atoms with Crippen LogP contribution in [0.15, 0.2) is 36.0 Å². The molecule has 0 aromatic carbocycles. The second-order valence-corrected chi connectivity index (χ2v) is 6.33. The maximum Gasteiger partial charge on any atom is 0.263 e. The van der Waals surface area contributed by atoms with Crippen molar-refractivity contribution in [2.45, 2.75) is 13.8 Å². The molecular formula is C17H19N7OS. The summed E-state index contributed by atoms with van der Waals surface area (Å²) in [6.45, 7) is 4.66. The SMILES string of the molecule is Cc1nc(NCCNC(=O)c2scnc2C)cc(Nc2ccccn2)n1. The molecule has 3 rings (SSSR count). The highest BCUT2D eigenvalue weighted by molar-refractivity contribution is 7.11. The highest BCUT2D eigenvalue weighted by Crippen LogP contribution is 2.15. The molecule has 0 unspecified atom stereocenters. The summed E-state index contributed by atoms with van der Waals surface area (Å²) in [6, 6.07) is 7.42. The van der Waals surface area contributed by atoms with Gasteiger partial charge in [0.25, 0.3) is 5.91 Å². The number of aromatic nitrogens is 4. The number of nitrogens with one attached hydrogen (secondary N) is 3. The third kappa shape index (κ3) is 4.73. The van der Waals surface area contributed by atoms with Gasteiger partial charge < -0.3 is 16.0 Å². The smallest absolute Gasteiger partial charge is 0.263 e. The van der Waals surface area contributed by atoms with Crippen LogP contribution in [0.3, 0.4) is 0 Å². The Labute approximate surface area is 155 Å². The van der Waals surface area contributed by atoms with Crippen molar-refractivity contribution in [3.8, 4) is 0 Å². The Morgan fingerprint density at radius 3 is 2.65 bits per heavy atom. The van der Waals surface area contributed by atoms with E-state index in [-0.39, 0.29) is 5.91 Å². The number of thiazole rings is 1. The van der Waals surface area contributed by atoms with Crippen molar-refractivity contribution in [3.63, 3.8) is 0 Å². The van der Waals surface area contributed by atoms with Gasteiger partial charge in [-0.15, -0.1) is 11.3 Å². The lowest BCUT2D eigenvalue weighted by Gasteiger charge is -2.10. The van der Waals surface area contributed by atoms with Gasteiger partial charge in [-0.1, -0.05) is 6.07 Å². The standard InChI is InChI=1S/C17H19N7OS/c1-11-16(26-10-21-11)17(25)20-8-7-19-14-9-15(23-12(2)22-14)24-13-5-3-4-6-18-13/h3-6,9-10H,7-8H2,1-2H3,(H,20,25)(H2,18,19,22,23,24). The maximum atomic E-state index is 12.0. The Kier molecular flexibility index (Phi) is 5.69. The molecule has 3 N–H and O–H groups in total. The minimum Gasteiger partial charge on any atom is -0.368 e. The fourth-order valence-electron chi connectivity index (χ4n) is 2.26. The number of pyridine rings is 1. The molecule has 0 saturated carbocycles. The average molecular weight is 369 g/mol. The van der Waals surface area contributed by atoms with Gasteiger partial charge in [0.15, 0.2) is 0 Å². The van der Waals surface area contributed by atoms with Crippen LogP contribution >= 0.6 is 11.3 Å². The zero-order valence-electron chi connectivity index (χ0n) is 14.5. The predicted octanol–water partition coefficient (Wildman–Crippen LogP) is 2.53. The molecule has 8 nitrogen and oxygen atoms in total. The lowest BCUT2D eigenvalue weighted by atomic mass is 10.4. The van der Waals surface area contributed by atoms with E-state index in [4.69, 9.17) is 0 Å². The van der Waals surface area contributed by atoms with Gasteiger partial charge in [0.2, 0.25) is 0 Å². The van der Waals surface area contributed by atoms with Crippen LogP contribution in [-0.4, -0.2) is 38.9 Å². The Balaban J connectivity index is 1.53. The Morgan fingerprint density at radius 1 is 1.08 bits per heavy atom. The van der Waals surface area contributed by atoms with Gasteiger partial charge >= 0.3 is 0 Å². The van der Waals surface area contributed by atoms with E-state index in [2.05, 4.69) is 35.9 Å². The molecular weight excluding hydrogens is 350 g/mol. The van der Waals surface area contributed by atoms with Gasteiger partial charge in [-0.3, -0.25) is 4.79 Å². The molecule has 0 bridgehead atoms. The third-order valence-electron chi connectivity index (χ3n) is 3.43. The molecule has 0 atom stereocenters. The minimum atomic E-state index is -0.108. The first kappa shape index (κ1) is 17.7. The topological polar surface area (TPSA) is 105 Å². The van der Waals surface area contributed by atoms with E-state index < -0.39 is 0 Å². The van der Waals surface area contributed by atoms with Crippen molar-refractivity contribution < 1.29 is 4.79 Å². The van der Waals surface area contributed by atoms with Crippen LogP contribution < -0.4 is 16.0 Å². The van der Waals surface area contributed by atoms with E-state index in [0.717, 1.165) is 5.69 Å². The van der Waals surface area contributed by atoms with E-state index in [1.807, 2.05) is 32.0 Å². The zero-order valence-corrected chi connectivity index (χ0v) is 15.3. The maximum absolute atomic E-state index is 12.0. The number of nitrogens with zero attached hydrogens (tertiary/aromatic N) is 4. The van der Waals surface area contributed by atoms with Crippen LogP contribution in [0.25, 0.3) is 0 Å². The fourth-order valence-corrected chi connectivity index (χ4v) is 2.98. The highest BCUT2D eigenvalue weighted by Gasteiger charge is 2.10. The van der Waals surface area contributed by atoms with Crippen LogP contribution in [0, 0.1) is 13.8 Å². The van der Waals surface area contributed by atoms with Gasteiger partial charge in [-0.05, 0) is 26.0 Å². The summed E-state index contributed by atoms with van der Waals surface area (Å²) in [6.07, 6.45) is 1.71. The second kappa shape index (κ2) is 8.34. The number of carbonyl (C=O) groups excluding carboxylic acids is 1. The summed E-state index contributed by atoms with van der Waals surface area (Å²) in [5, 5.41) is 9.19. The molecule has 0 spiro atoms. The summed E-state index contributed by atoms with van der Waals surface area (Å²) in [5.41, 5.74) is 2.42. The van der Waals surface area contributed by atoms with Gasteiger partial charge in [-0.25, -0.2) is 19.9 Å². The van der Waals surface area contributed by atoms with Gasteiger partial charge in [0, 0.05) is 25.4 Å². The van der Waals surface area contributed by atoms with Crippen molar-refractivity contribution in [2.24, 2.45) is 0 Å². The first-order valence-corrected chi connectivity index (χ1v) is 8.95. The van der Waals surface area contributed by atoms with E-state index in [0.29, 0.717) is 41.2 Å². The van der Waals surface area contributed by atoms with E-state index in [9.17, 15) is 4.79 Å². The molecule has 3 aromatic rings. The summed E-state index contributed by atoms with van der Waals surface area (Å²) >= 11 is 1.34. The number of hydrogen-bond acceptors (Lipinski definition) is 8.